The van der Waals surface area contributed by atoms with Crippen molar-refractivity contribution >= 4 is 17.1 Å². The van der Waals surface area contributed by atoms with E-state index in [1.165, 1.54) is 11.1 Å². The number of pyridine rings is 1. The number of rotatable bonds is 8. The van der Waals surface area contributed by atoms with Crippen LogP contribution in [0.4, 0.5) is 17.1 Å². The molecule has 4 rings (SSSR count). The van der Waals surface area contributed by atoms with Crippen LogP contribution in [-0.4, -0.2) is 35.4 Å². The number of ether oxygens (including phenoxy) is 1. The third kappa shape index (κ3) is 4.65. The first-order valence-electron chi connectivity index (χ1n) is 10.7. The van der Waals surface area contributed by atoms with E-state index < -0.39 is 6.29 Å². The Kier molecular flexibility index (Phi) is 6.39. The highest BCUT2D eigenvalue weighted by molar-refractivity contribution is 5.65. The fraction of sp³-hybridized carbons (Fsp3) is 0.320. The number of nitrogens with zero attached hydrogens (tertiary/aromatic N) is 2. The lowest BCUT2D eigenvalue weighted by molar-refractivity contribution is -0.0419. The van der Waals surface area contributed by atoms with Crippen LogP contribution in [0.15, 0.2) is 60.9 Å². The summed E-state index contributed by atoms with van der Waals surface area (Å²) in [5, 5.41) is 22.5. The van der Waals surface area contributed by atoms with E-state index in [4.69, 9.17) is 4.74 Å². The molecule has 0 spiro atoms. The van der Waals surface area contributed by atoms with Crippen molar-refractivity contribution in [2.24, 2.45) is 0 Å². The van der Waals surface area contributed by atoms with Gasteiger partial charge in [0.25, 0.3) is 0 Å². The van der Waals surface area contributed by atoms with Crippen LogP contribution in [0.5, 0.6) is 5.75 Å². The summed E-state index contributed by atoms with van der Waals surface area (Å²) in [4.78, 5) is 6.28. The van der Waals surface area contributed by atoms with Crippen molar-refractivity contribution in [3.63, 3.8) is 0 Å². The summed E-state index contributed by atoms with van der Waals surface area (Å²) in [5.74, 6) is 1.25. The van der Waals surface area contributed by atoms with Gasteiger partial charge in [-0.25, -0.2) is 0 Å². The molecular formula is C25H29N3O3. The van der Waals surface area contributed by atoms with Crippen molar-refractivity contribution in [1.29, 1.82) is 0 Å². The number of aliphatic hydroxyl groups excluding tert-OH is 1. The molecule has 0 amide bonds. The first-order valence-corrected chi connectivity index (χ1v) is 10.7. The Balaban J connectivity index is 1.47. The van der Waals surface area contributed by atoms with E-state index in [0.29, 0.717) is 23.8 Å². The first-order chi connectivity index (χ1) is 15.1. The molecule has 1 heterocycles. The van der Waals surface area contributed by atoms with Gasteiger partial charge in [0.15, 0.2) is 6.29 Å². The highest BCUT2D eigenvalue weighted by Crippen LogP contribution is 2.37. The number of anilines is 3. The van der Waals surface area contributed by atoms with Crippen LogP contribution in [-0.2, 0) is 6.42 Å². The Hall–Kier alpha value is -3.09. The predicted molar refractivity (Wildman–Crippen MR) is 123 cm³/mol. The van der Waals surface area contributed by atoms with Crippen molar-refractivity contribution in [1.82, 2.24) is 4.98 Å². The van der Waals surface area contributed by atoms with Gasteiger partial charge in [-0.15, -0.1) is 0 Å². The maximum absolute atomic E-state index is 9.55. The van der Waals surface area contributed by atoms with Gasteiger partial charge in [-0.2, -0.15) is 0 Å². The Labute approximate surface area is 183 Å². The third-order valence-electron chi connectivity index (χ3n) is 5.90. The maximum atomic E-state index is 9.55. The van der Waals surface area contributed by atoms with E-state index >= 15 is 0 Å². The first kappa shape index (κ1) is 21.2. The van der Waals surface area contributed by atoms with E-state index in [1.807, 2.05) is 19.1 Å². The molecule has 3 N–H and O–H groups in total. The third-order valence-corrected chi connectivity index (χ3v) is 5.90. The summed E-state index contributed by atoms with van der Waals surface area (Å²) in [7, 11) is 2.07. The molecule has 1 atom stereocenters. The van der Waals surface area contributed by atoms with E-state index in [-0.39, 0.29) is 0 Å². The van der Waals surface area contributed by atoms with E-state index in [9.17, 15) is 10.2 Å². The smallest absolute Gasteiger partial charge is 0.180 e. The SMILES string of the molecule is CCOc1cccc(N(C)c2ccc3c(c2)CC[C@H]3CNc2cnccc2C(O)O)c1. The second-order valence-electron chi connectivity index (χ2n) is 7.83. The standard InChI is InChI=1S/C25H29N3O3/c1-3-31-21-6-4-5-19(14-21)28(2)20-9-10-22-17(13-20)7-8-18(22)15-27-24-16-26-12-11-23(24)25(29)30/h4-6,9-14,16,18,25,27,29-30H,3,7-8,15H2,1-2H3/t18-/m0/s1. The molecular weight excluding hydrogens is 390 g/mol. The normalized spacial score (nSPS) is 15.1. The maximum Gasteiger partial charge on any atom is 0.180 e. The van der Waals surface area contributed by atoms with Crippen LogP contribution in [0.25, 0.3) is 0 Å². The van der Waals surface area contributed by atoms with Gasteiger partial charge in [0.2, 0.25) is 0 Å². The zero-order valence-corrected chi connectivity index (χ0v) is 18.0. The lowest BCUT2D eigenvalue weighted by Crippen LogP contribution is -2.13. The lowest BCUT2D eigenvalue weighted by Gasteiger charge is -2.22. The largest absolute Gasteiger partial charge is 0.494 e. The fourth-order valence-corrected chi connectivity index (χ4v) is 4.22. The van der Waals surface area contributed by atoms with Gasteiger partial charge < -0.3 is 25.2 Å². The summed E-state index contributed by atoms with van der Waals surface area (Å²) in [6, 6.07) is 16.4. The average Bonchev–Trinajstić information content (AvgIpc) is 3.20. The highest BCUT2D eigenvalue weighted by Gasteiger charge is 2.23. The molecule has 0 radical (unpaired) electrons. The number of aryl methyl sites for hydroxylation is 1. The molecule has 162 valence electrons. The van der Waals surface area contributed by atoms with Crippen LogP contribution >= 0.6 is 0 Å². The molecule has 3 aromatic rings. The van der Waals surface area contributed by atoms with Crippen LogP contribution in [0.2, 0.25) is 0 Å². The Morgan fingerprint density at radius 1 is 1.16 bits per heavy atom. The van der Waals surface area contributed by atoms with E-state index in [2.05, 4.69) is 52.6 Å². The van der Waals surface area contributed by atoms with Gasteiger partial charge in [0.1, 0.15) is 5.75 Å². The number of hydrogen-bond acceptors (Lipinski definition) is 6. The summed E-state index contributed by atoms with van der Waals surface area (Å²) in [6.07, 6.45) is 3.78. The molecule has 6 heteroatoms. The molecule has 0 saturated carbocycles. The van der Waals surface area contributed by atoms with E-state index in [0.717, 1.165) is 36.5 Å². The van der Waals surface area contributed by atoms with Crippen LogP contribution in [0.1, 0.15) is 42.2 Å². The predicted octanol–water partition coefficient (Wildman–Crippen LogP) is 4.37. The molecule has 1 aromatic heterocycles. The molecule has 0 fully saturated rings. The second kappa shape index (κ2) is 9.37. The number of nitrogens with one attached hydrogen (secondary N) is 1. The quantitative estimate of drug-likeness (QED) is 0.471. The molecule has 6 nitrogen and oxygen atoms in total. The van der Waals surface area contributed by atoms with Gasteiger partial charge >= 0.3 is 0 Å². The van der Waals surface area contributed by atoms with E-state index in [1.54, 1.807) is 18.5 Å². The molecule has 0 saturated heterocycles. The summed E-state index contributed by atoms with van der Waals surface area (Å²) in [6.45, 7) is 3.37. The van der Waals surface area contributed by atoms with Gasteiger partial charge in [0, 0.05) is 48.7 Å². The number of benzene rings is 2. The molecule has 31 heavy (non-hydrogen) atoms. The zero-order valence-electron chi connectivity index (χ0n) is 18.0. The molecule has 0 bridgehead atoms. The Morgan fingerprint density at radius 3 is 2.81 bits per heavy atom. The van der Waals surface area contributed by atoms with Gasteiger partial charge in [0.05, 0.1) is 18.5 Å². The monoisotopic (exact) mass is 419 g/mol. The van der Waals surface area contributed by atoms with Crippen molar-refractivity contribution in [2.75, 3.05) is 30.4 Å². The molecule has 1 aliphatic carbocycles. The van der Waals surface area contributed by atoms with Gasteiger partial charge in [-0.3, -0.25) is 4.98 Å². The topological polar surface area (TPSA) is 77.9 Å². The van der Waals surface area contributed by atoms with Gasteiger partial charge in [-0.05, 0) is 61.2 Å². The minimum atomic E-state index is -1.51. The van der Waals surface area contributed by atoms with Crippen LogP contribution < -0.4 is 15.0 Å². The lowest BCUT2D eigenvalue weighted by atomic mass is 10.0. The second-order valence-corrected chi connectivity index (χ2v) is 7.83. The number of fused-ring (bicyclic) bond motifs is 1. The van der Waals surface area contributed by atoms with Crippen molar-refractivity contribution in [2.45, 2.75) is 32.0 Å². The van der Waals surface area contributed by atoms with Crippen molar-refractivity contribution < 1.29 is 14.9 Å². The minimum Gasteiger partial charge on any atom is -0.494 e. The van der Waals surface area contributed by atoms with Crippen LogP contribution in [0.3, 0.4) is 0 Å². The number of aliphatic hydroxyl groups is 2. The fourth-order valence-electron chi connectivity index (χ4n) is 4.22. The minimum absolute atomic E-state index is 0.375. The number of aromatic nitrogens is 1. The summed E-state index contributed by atoms with van der Waals surface area (Å²) >= 11 is 0. The highest BCUT2D eigenvalue weighted by atomic mass is 16.5. The van der Waals surface area contributed by atoms with Gasteiger partial charge in [-0.1, -0.05) is 12.1 Å². The molecule has 2 aromatic carbocycles. The van der Waals surface area contributed by atoms with Crippen LogP contribution in [0, 0.1) is 0 Å². The van der Waals surface area contributed by atoms with Crippen molar-refractivity contribution in [3.05, 3.63) is 77.6 Å². The Morgan fingerprint density at radius 2 is 2.00 bits per heavy atom. The average molecular weight is 420 g/mol. The summed E-state index contributed by atoms with van der Waals surface area (Å²) in [5.41, 5.74) is 6.07. The number of hydrogen-bond donors (Lipinski definition) is 3. The Bertz CT molecular complexity index is 1040. The molecule has 1 aliphatic rings. The molecule has 0 unspecified atom stereocenters. The van der Waals surface area contributed by atoms with Crippen molar-refractivity contribution in [3.8, 4) is 5.75 Å². The zero-order chi connectivity index (χ0) is 21.8. The molecule has 0 aliphatic heterocycles. The summed E-state index contributed by atoms with van der Waals surface area (Å²) < 4.78 is 5.64.